The van der Waals surface area contributed by atoms with Gasteiger partial charge in [-0.05, 0) is 44.2 Å². The molecule has 1 amide bonds. The van der Waals surface area contributed by atoms with Crippen molar-refractivity contribution in [2.45, 2.75) is 38.6 Å². The number of carbonyl (C=O) groups excluding carboxylic acids is 1. The van der Waals surface area contributed by atoms with E-state index in [0.29, 0.717) is 30.2 Å². The molecule has 2 aliphatic rings. The molecule has 2 fully saturated rings. The number of likely N-dealkylation sites (N-methyl/N-ethyl adjacent to an activating group) is 1. The Hall–Kier alpha value is -1.77. The van der Waals surface area contributed by atoms with Crippen LogP contribution < -0.4 is 0 Å². The number of aromatic nitrogens is 2. The third kappa shape index (κ3) is 4.98. The fourth-order valence-electron chi connectivity index (χ4n) is 3.79. The zero-order valence-electron chi connectivity index (χ0n) is 16.5. The van der Waals surface area contributed by atoms with E-state index in [2.05, 4.69) is 31.8 Å². The zero-order valence-corrected chi connectivity index (χ0v) is 17.4. The summed E-state index contributed by atoms with van der Waals surface area (Å²) in [4.78, 5) is 24.8. The predicted molar refractivity (Wildman–Crippen MR) is 109 cm³/mol. The van der Waals surface area contributed by atoms with E-state index in [0.717, 1.165) is 57.0 Å². The lowest BCUT2D eigenvalue weighted by atomic mass is 10.2. The van der Waals surface area contributed by atoms with Crippen LogP contribution in [-0.4, -0.2) is 82.6 Å². The van der Waals surface area contributed by atoms with Crippen LogP contribution in [0.15, 0.2) is 22.0 Å². The van der Waals surface area contributed by atoms with Crippen LogP contribution in [0.4, 0.5) is 0 Å². The number of carbonyl (C=O) groups is 1. The van der Waals surface area contributed by atoms with Crippen LogP contribution in [0.2, 0.25) is 0 Å². The molecule has 4 rings (SSSR count). The molecule has 0 aromatic carbocycles. The lowest BCUT2D eigenvalue weighted by Gasteiger charge is -2.35. The van der Waals surface area contributed by atoms with Gasteiger partial charge in [0.15, 0.2) is 0 Å². The van der Waals surface area contributed by atoms with Gasteiger partial charge in [0.05, 0.1) is 11.4 Å². The molecular weight excluding hydrogens is 374 g/mol. The Balaban J connectivity index is 1.14. The highest BCUT2D eigenvalue weighted by Crippen LogP contribution is 2.26. The second-order valence-electron chi connectivity index (χ2n) is 7.62. The molecule has 2 aromatic rings. The van der Waals surface area contributed by atoms with E-state index in [1.807, 2.05) is 17.5 Å². The molecule has 0 bridgehead atoms. The molecule has 8 heteroatoms. The lowest BCUT2D eigenvalue weighted by Crippen LogP contribution is -2.50. The topological polar surface area (TPSA) is 65.7 Å². The summed E-state index contributed by atoms with van der Waals surface area (Å²) in [6.45, 7) is 8.51. The highest BCUT2D eigenvalue weighted by molar-refractivity contribution is 7.13. The first-order valence-corrected chi connectivity index (χ1v) is 11.2. The maximum absolute atomic E-state index is 12.5. The van der Waals surface area contributed by atoms with Gasteiger partial charge in [-0.1, -0.05) is 11.2 Å². The second-order valence-corrected chi connectivity index (χ2v) is 8.57. The van der Waals surface area contributed by atoms with Gasteiger partial charge in [-0.15, -0.1) is 11.3 Å². The average Bonchev–Trinajstić information content (AvgIpc) is 3.19. The standard InChI is InChI=1S/C20H29N5O2S/c1-2-25(16-7-8-16)19(26)15-24-12-10-23(11-13-24)9-3-6-18-21-20(22-27-18)17-5-4-14-28-17/h4-5,14,16H,2-3,6-13,15H2,1H3. The Morgan fingerprint density at radius 3 is 2.75 bits per heavy atom. The van der Waals surface area contributed by atoms with Gasteiger partial charge < -0.3 is 14.3 Å². The summed E-state index contributed by atoms with van der Waals surface area (Å²) in [6.07, 6.45) is 4.19. The van der Waals surface area contributed by atoms with Crippen molar-refractivity contribution in [3.05, 3.63) is 23.4 Å². The van der Waals surface area contributed by atoms with E-state index in [1.165, 1.54) is 12.8 Å². The summed E-state index contributed by atoms with van der Waals surface area (Å²) in [5.74, 6) is 1.71. The van der Waals surface area contributed by atoms with Crippen molar-refractivity contribution >= 4 is 17.2 Å². The molecule has 28 heavy (non-hydrogen) atoms. The molecule has 152 valence electrons. The van der Waals surface area contributed by atoms with E-state index in [9.17, 15) is 4.79 Å². The molecule has 1 saturated heterocycles. The highest BCUT2D eigenvalue weighted by atomic mass is 32.1. The minimum Gasteiger partial charge on any atom is -0.339 e. The molecule has 0 atom stereocenters. The zero-order chi connectivity index (χ0) is 19.3. The fourth-order valence-corrected chi connectivity index (χ4v) is 4.44. The number of hydrogen-bond donors (Lipinski definition) is 0. The van der Waals surface area contributed by atoms with E-state index in [-0.39, 0.29) is 0 Å². The molecular formula is C20H29N5O2S. The molecule has 0 spiro atoms. The highest BCUT2D eigenvalue weighted by Gasteiger charge is 2.32. The molecule has 1 aliphatic heterocycles. The largest absolute Gasteiger partial charge is 0.339 e. The number of nitrogens with zero attached hydrogens (tertiary/aromatic N) is 5. The Bertz CT molecular complexity index is 750. The van der Waals surface area contributed by atoms with Crippen LogP contribution in [0.1, 0.15) is 32.1 Å². The molecule has 2 aromatic heterocycles. The van der Waals surface area contributed by atoms with E-state index in [1.54, 1.807) is 11.3 Å². The van der Waals surface area contributed by atoms with Crippen molar-refractivity contribution in [1.82, 2.24) is 24.8 Å². The number of amides is 1. The molecule has 7 nitrogen and oxygen atoms in total. The van der Waals surface area contributed by atoms with Crippen LogP contribution >= 0.6 is 11.3 Å². The van der Waals surface area contributed by atoms with Gasteiger partial charge in [0.1, 0.15) is 0 Å². The van der Waals surface area contributed by atoms with E-state index >= 15 is 0 Å². The van der Waals surface area contributed by atoms with Gasteiger partial charge >= 0.3 is 0 Å². The normalized spacial score (nSPS) is 18.5. The summed E-state index contributed by atoms with van der Waals surface area (Å²) in [7, 11) is 0. The molecule has 0 radical (unpaired) electrons. The Morgan fingerprint density at radius 1 is 1.29 bits per heavy atom. The first kappa shape index (κ1) is 19.5. The van der Waals surface area contributed by atoms with Gasteiger partial charge in [-0.2, -0.15) is 4.98 Å². The molecule has 0 N–H and O–H groups in total. The van der Waals surface area contributed by atoms with Gasteiger partial charge in [0.2, 0.25) is 17.6 Å². The van der Waals surface area contributed by atoms with Gasteiger partial charge in [0, 0.05) is 45.2 Å². The smallest absolute Gasteiger partial charge is 0.236 e. The van der Waals surface area contributed by atoms with Crippen molar-refractivity contribution in [2.24, 2.45) is 0 Å². The quantitative estimate of drug-likeness (QED) is 0.640. The van der Waals surface area contributed by atoms with Crippen LogP contribution in [0.25, 0.3) is 10.7 Å². The van der Waals surface area contributed by atoms with Crippen LogP contribution in [0.5, 0.6) is 0 Å². The van der Waals surface area contributed by atoms with Crippen molar-refractivity contribution in [3.8, 4) is 10.7 Å². The van der Waals surface area contributed by atoms with Crippen LogP contribution in [0.3, 0.4) is 0 Å². The maximum Gasteiger partial charge on any atom is 0.236 e. The first-order valence-electron chi connectivity index (χ1n) is 10.3. The Morgan fingerprint density at radius 2 is 2.07 bits per heavy atom. The van der Waals surface area contributed by atoms with Gasteiger partial charge in [-0.3, -0.25) is 9.69 Å². The van der Waals surface area contributed by atoms with Crippen molar-refractivity contribution in [1.29, 1.82) is 0 Å². The summed E-state index contributed by atoms with van der Waals surface area (Å²) in [5.41, 5.74) is 0. The third-order valence-corrected chi connectivity index (χ3v) is 6.41. The predicted octanol–water partition coefficient (Wildman–Crippen LogP) is 2.36. The van der Waals surface area contributed by atoms with Gasteiger partial charge in [0.25, 0.3) is 0 Å². The van der Waals surface area contributed by atoms with Crippen molar-refractivity contribution in [2.75, 3.05) is 45.8 Å². The van der Waals surface area contributed by atoms with Crippen LogP contribution in [0, 0.1) is 0 Å². The Labute approximate surface area is 170 Å². The summed E-state index contributed by atoms with van der Waals surface area (Å²) >= 11 is 1.62. The van der Waals surface area contributed by atoms with E-state index < -0.39 is 0 Å². The third-order valence-electron chi connectivity index (χ3n) is 5.55. The molecule has 0 unspecified atom stereocenters. The maximum atomic E-state index is 12.5. The first-order chi connectivity index (χ1) is 13.7. The summed E-state index contributed by atoms with van der Waals surface area (Å²) < 4.78 is 5.37. The molecule has 1 aliphatic carbocycles. The second kappa shape index (κ2) is 9.15. The number of rotatable bonds is 9. The average molecular weight is 404 g/mol. The van der Waals surface area contributed by atoms with Crippen molar-refractivity contribution < 1.29 is 9.32 Å². The minimum atomic E-state index is 0.302. The van der Waals surface area contributed by atoms with Crippen molar-refractivity contribution in [3.63, 3.8) is 0 Å². The molecule has 1 saturated carbocycles. The monoisotopic (exact) mass is 403 g/mol. The lowest BCUT2D eigenvalue weighted by molar-refractivity contribution is -0.133. The fraction of sp³-hybridized carbons (Fsp3) is 0.650. The number of piperazine rings is 1. The Kier molecular flexibility index (Phi) is 6.39. The number of hydrogen-bond acceptors (Lipinski definition) is 7. The van der Waals surface area contributed by atoms with Crippen LogP contribution in [-0.2, 0) is 11.2 Å². The molecule has 3 heterocycles. The minimum absolute atomic E-state index is 0.302. The SMILES string of the molecule is CCN(C(=O)CN1CCN(CCCc2nc(-c3cccs3)no2)CC1)C1CC1. The van der Waals surface area contributed by atoms with E-state index in [4.69, 9.17) is 4.52 Å². The summed E-state index contributed by atoms with van der Waals surface area (Å²) in [6, 6.07) is 4.52. The number of thiophene rings is 1. The number of aryl methyl sites for hydroxylation is 1. The summed E-state index contributed by atoms with van der Waals surface area (Å²) in [5, 5.41) is 6.09. The van der Waals surface area contributed by atoms with Gasteiger partial charge in [-0.25, -0.2) is 0 Å².